The highest BCUT2D eigenvalue weighted by Gasteiger charge is 2.56. The number of likely N-dealkylation sites (N-methyl/N-ethyl adjacent to an activating group) is 1. The van der Waals surface area contributed by atoms with Gasteiger partial charge in [0, 0.05) is 32.6 Å². The van der Waals surface area contributed by atoms with Gasteiger partial charge in [-0.15, -0.1) is 0 Å². The molecule has 4 rings (SSSR count). The molecule has 0 radical (unpaired) electrons. The zero-order valence-electron chi connectivity index (χ0n) is 20.0. The summed E-state index contributed by atoms with van der Waals surface area (Å²) in [7, 11) is 3.72. The minimum absolute atomic E-state index is 0.0144. The Morgan fingerprint density at radius 1 is 1.09 bits per heavy atom. The van der Waals surface area contributed by atoms with Crippen molar-refractivity contribution in [1.82, 2.24) is 20.0 Å². The largest absolute Gasteiger partial charge is 0.339 e. The second-order valence-electron chi connectivity index (χ2n) is 9.51. The monoisotopic (exact) mass is 484 g/mol. The predicted molar refractivity (Wildman–Crippen MR) is 127 cm³/mol. The molecule has 0 unspecified atom stereocenters. The number of halogens is 2. The van der Waals surface area contributed by atoms with E-state index in [9.17, 15) is 23.2 Å². The lowest BCUT2D eigenvalue weighted by Gasteiger charge is -2.41. The van der Waals surface area contributed by atoms with Crippen molar-refractivity contribution in [2.24, 2.45) is 5.92 Å². The minimum Gasteiger partial charge on any atom is -0.339 e. The van der Waals surface area contributed by atoms with Crippen LogP contribution >= 0.6 is 0 Å². The summed E-state index contributed by atoms with van der Waals surface area (Å²) >= 11 is 0. The number of imide groups is 1. The number of carbonyl (C=O) groups is 3. The van der Waals surface area contributed by atoms with Crippen LogP contribution in [0.2, 0.25) is 0 Å². The molecule has 2 heterocycles. The van der Waals surface area contributed by atoms with Crippen molar-refractivity contribution < 1.29 is 23.2 Å². The second kappa shape index (κ2) is 10.1. The number of benzene rings is 2. The van der Waals surface area contributed by atoms with Crippen LogP contribution in [0.5, 0.6) is 0 Å². The second-order valence-corrected chi connectivity index (χ2v) is 9.51. The highest BCUT2D eigenvalue weighted by molar-refractivity contribution is 6.07. The van der Waals surface area contributed by atoms with Crippen LogP contribution in [0.1, 0.15) is 28.8 Å². The number of nitrogens with one attached hydrogen (secondary N) is 1. The maximum Gasteiger partial charge on any atom is 0.325 e. The summed E-state index contributed by atoms with van der Waals surface area (Å²) in [5, 5.41) is 2.95. The van der Waals surface area contributed by atoms with Gasteiger partial charge in [-0.25, -0.2) is 13.6 Å². The number of nitrogens with zero attached hydrogens (tertiary/aromatic N) is 3. The van der Waals surface area contributed by atoms with Crippen LogP contribution < -0.4 is 5.32 Å². The van der Waals surface area contributed by atoms with Crippen molar-refractivity contribution in [2.75, 3.05) is 40.3 Å². The Bertz CT molecular complexity index is 1120. The molecule has 1 atom stereocenters. The molecule has 0 aliphatic carbocycles. The average molecular weight is 485 g/mol. The Morgan fingerprint density at radius 2 is 1.80 bits per heavy atom. The molecule has 186 valence electrons. The van der Waals surface area contributed by atoms with Gasteiger partial charge in [0.05, 0.1) is 5.56 Å². The molecule has 4 amide bonds. The van der Waals surface area contributed by atoms with E-state index in [4.69, 9.17) is 0 Å². The molecule has 2 saturated heterocycles. The summed E-state index contributed by atoms with van der Waals surface area (Å²) in [6.45, 7) is 1.41. The smallest absolute Gasteiger partial charge is 0.325 e. The van der Waals surface area contributed by atoms with E-state index >= 15 is 0 Å². The summed E-state index contributed by atoms with van der Waals surface area (Å²) in [5.74, 6) is -1.97. The van der Waals surface area contributed by atoms with E-state index in [0.29, 0.717) is 38.0 Å². The SMILES string of the molecule is CN(C)CCN1C(=O)N[C@@](Cc2cccc(F)c2)(C2CCN(C(=O)c3ccccc3F)CC2)C1=O. The first kappa shape index (κ1) is 24.8. The molecule has 2 aliphatic rings. The van der Waals surface area contributed by atoms with Crippen LogP contribution in [0, 0.1) is 17.6 Å². The van der Waals surface area contributed by atoms with Gasteiger partial charge in [-0.2, -0.15) is 0 Å². The van der Waals surface area contributed by atoms with Crippen molar-refractivity contribution in [3.05, 3.63) is 71.3 Å². The molecule has 2 aromatic rings. The van der Waals surface area contributed by atoms with Crippen LogP contribution in [0.15, 0.2) is 48.5 Å². The van der Waals surface area contributed by atoms with Crippen LogP contribution in [-0.2, 0) is 11.2 Å². The zero-order chi connectivity index (χ0) is 25.2. The summed E-state index contributed by atoms with van der Waals surface area (Å²) in [5.41, 5.74) is -0.608. The van der Waals surface area contributed by atoms with Crippen molar-refractivity contribution >= 4 is 17.8 Å². The van der Waals surface area contributed by atoms with Gasteiger partial charge in [-0.3, -0.25) is 14.5 Å². The lowest BCUT2D eigenvalue weighted by molar-refractivity contribution is -0.134. The van der Waals surface area contributed by atoms with E-state index in [-0.39, 0.29) is 30.4 Å². The van der Waals surface area contributed by atoms with Gasteiger partial charge in [0.1, 0.15) is 17.2 Å². The van der Waals surface area contributed by atoms with Gasteiger partial charge in [0.25, 0.3) is 11.8 Å². The highest BCUT2D eigenvalue weighted by atomic mass is 19.1. The molecule has 1 N–H and O–H groups in total. The van der Waals surface area contributed by atoms with Gasteiger partial charge in [-0.05, 0) is 62.7 Å². The average Bonchev–Trinajstić information content (AvgIpc) is 3.07. The van der Waals surface area contributed by atoms with Crippen LogP contribution in [0.3, 0.4) is 0 Å². The normalized spacial score (nSPS) is 21.1. The van der Waals surface area contributed by atoms with Gasteiger partial charge in [0.2, 0.25) is 0 Å². The van der Waals surface area contributed by atoms with Gasteiger partial charge in [-0.1, -0.05) is 24.3 Å². The molecule has 0 bridgehead atoms. The van der Waals surface area contributed by atoms with Gasteiger partial charge < -0.3 is 15.1 Å². The summed E-state index contributed by atoms with van der Waals surface area (Å²) in [4.78, 5) is 44.2. The summed E-state index contributed by atoms with van der Waals surface area (Å²) in [6.07, 6.45) is 1.05. The lowest BCUT2D eigenvalue weighted by Crippen LogP contribution is -2.58. The van der Waals surface area contributed by atoms with Crippen molar-refractivity contribution in [3.63, 3.8) is 0 Å². The third-order valence-corrected chi connectivity index (χ3v) is 6.93. The third-order valence-electron chi connectivity index (χ3n) is 6.93. The number of likely N-dealkylation sites (tertiary alicyclic amines) is 1. The number of carbonyl (C=O) groups excluding carboxylic acids is 3. The Morgan fingerprint density at radius 3 is 2.46 bits per heavy atom. The Labute approximate surface area is 203 Å². The molecule has 35 heavy (non-hydrogen) atoms. The first-order valence-corrected chi connectivity index (χ1v) is 11.8. The molecular formula is C26H30F2N4O3. The molecular weight excluding hydrogens is 454 g/mol. The van der Waals surface area contributed by atoms with Crippen molar-refractivity contribution in [2.45, 2.75) is 24.8 Å². The van der Waals surface area contributed by atoms with Crippen molar-refractivity contribution in [3.8, 4) is 0 Å². The van der Waals surface area contributed by atoms with Gasteiger partial charge in [0.15, 0.2) is 0 Å². The zero-order valence-corrected chi connectivity index (χ0v) is 20.0. The van der Waals surface area contributed by atoms with E-state index in [0.717, 1.165) is 0 Å². The maximum atomic E-state index is 14.1. The number of amides is 4. The maximum absolute atomic E-state index is 14.1. The fraction of sp³-hybridized carbons (Fsp3) is 0.423. The number of rotatable bonds is 7. The predicted octanol–water partition coefficient (Wildman–Crippen LogP) is 2.91. The van der Waals surface area contributed by atoms with E-state index in [1.54, 1.807) is 23.1 Å². The standard InChI is InChI=1S/C26H30F2N4O3/c1-30(2)14-15-32-24(34)26(29-25(32)35,17-18-6-5-7-20(27)16-18)19-10-12-31(13-11-19)23(33)21-8-3-4-9-22(21)28/h3-9,16,19H,10-15,17H2,1-2H3,(H,29,35)/t26-/m0/s1. The minimum atomic E-state index is -1.23. The molecule has 0 aromatic heterocycles. The summed E-state index contributed by atoms with van der Waals surface area (Å²) < 4.78 is 28.1. The van der Waals surface area contributed by atoms with E-state index < -0.39 is 29.1 Å². The number of hydrogen-bond donors (Lipinski definition) is 1. The number of hydrogen-bond acceptors (Lipinski definition) is 4. The fourth-order valence-electron chi connectivity index (χ4n) is 5.04. The first-order valence-electron chi connectivity index (χ1n) is 11.8. The van der Waals surface area contributed by atoms with Crippen LogP contribution in [-0.4, -0.2) is 78.4 Å². The molecule has 2 fully saturated rings. The molecule has 2 aliphatic heterocycles. The van der Waals surface area contributed by atoms with E-state index in [1.807, 2.05) is 19.0 Å². The molecule has 7 nitrogen and oxygen atoms in total. The fourth-order valence-corrected chi connectivity index (χ4v) is 5.04. The lowest BCUT2D eigenvalue weighted by atomic mass is 9.73. The molecule has 9 heteroatoms. The quantitative estimate of drug-likeness (QED) is 0.614. The Hall–Kier alpha value is -3.33. The highest BCUT2D eigenvalue weighted by Crippen LogP contribution is 2.37. The van der Waals surface area contributed by atoms with Crippen LogP contribution in [0.25, 0.3) is 0 Å². The first-order chi connectivity index (χ1) is 16.7. The van der Waals surface area contributed by atoms with E-state index in [2.05, 4.69) is 5.32 Å². The Balaban J connectivity index is 1.57. The third kappa shape index (κ3) is 5.05. The summed E-state index contributed by atoms with van der Waals surface area (Å²) in [6, 6.07) is 11.4. The Kier molecular flexibility index (Phi) is 7.16. The van der Waals surface area contributed by atoms with Gasteiger partial charge >= 0.3 is 6.03 Å². The van der Waals surface area contributed by atoms with E-state index in [1.165, 1.54) is 35.2 Å². The number of urea groups is 1. The molecule has 0 saturated carbocycles. The topological polar surface area (TPSA) is 73.0 Å². The van der Waals surface area contributed by atoms with Crippen molar-refractivity contribution in [1.29, 1.82) is 0 Å². The molecule has 2 aromatic carbocycles. The van der Waals surface area contributed by atoms with Crippen LogP contribution in [0.4, 0.5) is 13.6 Å². The molecule has 0 spiro atoms. The number of piperidine rings is 1.